The topological polar surface area (TPSA) is 66.5 Å². The highest BCUT2D eigenvalue weighted by Crippen LogP contribution is 2.34. The lowest BCUT2D eigenvalue weighted by molar-refractivity contribution is -0.119. The molecule has 0 fully saturated rings. The fraction of sp³-hybridized carbons (Fsp3) is 0.417. The number of fused-ring (bicyclic) bond motifs is 1. The van der Waals surface area contributed by atoms with E-state index in [4.69, 9.17) is 0 Å². The second-order valence-electron chi connectivity index (χ2n) is 4.44. The molecule has 1 aliphatic heterocycles. The first kappa shape index (κ1) is 12.9. The molecule has 1 heterocycles. The molecule has 1 unspecified atom stereocenters. The molecule has 0 spiro atoms. The van der Waals surface area contributed by atoms with Crippen molar-refractivity contribution in [3.05, 3.63) is 29.8 Å². The van der Waals surface area contributed by atoms with Crippen LogP contribution in [0.25, 0.3) is 0 Å². The zero-order valence-electron chi connectivity index (χ0n) is 10.4. The highest BCUT2D eigenvalue weighted by Gasteiger charge is 2.29. The summed E-state index contributed by atoms with van der Waals surface area (Å²) in [6.07, 6.45) is 1.78. The Morgan fingerprint density at radius 3 is 2.67 bits per heavy atom. The number of nitrogens with zero attached hydrogens (tertiary/aromatic N) is 1. The number of hydrogen-bond donors (Lipinski definition) is 1. The van der Waals surface area contributed by atoms with Gasteiger partial charge in [0.25, 0.3) is 0 Å². The molecular formula is C12H16N2O3S. The monoisotopic (exact) mass is 268 g/mol. The number of sulfonamides is 1. The number of anilines is 1. The summed E-state index contributed by atoms with van der Waals surface area (Å²) in [5, 5.41) is 2.85. The number of para-hydroxylation sites is 1. The number of benzene rings is 1. The maximum atomic E-state index is 11.7. The number of carbonyl (C=O) groups is 1. The minimum Gasteiger partial charge on any atom is -0.349 e. The number of rotatable bonds is 2. The van der Waals surface area contributed by atoms with Crippen LogP contribution in [0.3, 0.4) is 0 Å². The van der Waals surface area contributed by atoms with E-state index in [1.807, 2.05) is 12.1 Å². The summed E-state index contributed by atoms with van der Waals surface area (Å²) in [7, 11) is -3.27. The molecule has 1 aliphatic rings. The Morgan fingerprint density at radius 2 is 2.06 bits per heavy atom. The van der Waals surface area contributed by atoms with Gasteiger partial charge < -0.3 is 5.32 Å². The third-order valence-corrected chi connectivity index (χ3v) is 4.16. The summed E-state index contributed by atoms with van der Waals surface area (Å²) < 4.78 is 24.8. The van der Waals surface area contributed by atoms with Gasteiger partial charge in [-0.05, 0) is 18.1 Å². The third kappa shape index (κ3) is 2.48. The van der Waals surface area contributed by atoms with E-state index in [-0.39, 0.29) is 11.9 Å². The average Bonchev–Trinajstić information content (AvgIpc) is 2.27. The summed E-state index contributed by atoms with van der Waals surface area (Å²) in [4.78, 5) is 11.2. The molecule has 5 nitrogen and oxygen atoms in total. The maximum absolute atomic E-state index is 11.7. The maximum Gasteiger partial charge on any atom is 0.232 e. The summed E-state index contributed by atoms with van der Waals surface area (Å²) in [6, 6.07) is 7.15. The fourth-order valence-electron chi connectivity index (χ4n) is 2.27. The zero-order valence-corrected chi connectivity index (χ0v) is 11.2. The van der Waals surface area contributed by atoms with Crippen LogP contribution in [0.4, 0.5) is 5.69 Å². The van der Waals surface area contributed by atoms with Crippen molar-refractivity contribution in [1.29, 1.82) is 0 Å². The van der Waals surface area contributed by atoms with E-state index in [1.54, 1.807) is 12.1 Å². The SMILES string of the molecule is CC(=O)NC1CCN(S(C)(=O)=O)c2ccccc21. The fourth-order valence-corrected chi connectivity index (χ4v) is 3.23. The van der Waals surface area contributed by atoms with Crippen LogP contribution in [-0.4, -0.2) is 27.1 Å². The Labute approximate surface area is 107 Å². The highest BCUT2D eigenvalue weighted by molar-refractivity contribution is 7.92. The molecule has 0 saturated carbocycles. The summed E-state index contributed by atoms with van der Waals surface area (Å²) >= 11 is 0. The predicted molar refractivity (Wildman–Crippen MR) is 69.8 cm³/mol. The quantitative estimate of drug-likeness (QED) is 0.871. The van der Waals surface area contributed by atoms with Crippen LogP contribution in [0.2, 0.25) is 0 Å². The first-order valence-electron chi connectivity index (χ1n) is 5.73. The largest absolute Gasteiger partial charge is 0.349 e. The van der Waals surface area contributed by atoms with Gasteiger partial charge in [-0.25, -0.2) is 8.42 Å². The molecule has 0 bridgehead atoms. The Morgan fingerprint density at radius 1 is 1.39 bits per heavy atom. The van der Waals surface area contributed by atoms with E-state index in [0.717, 1.165) is 5.56 Å². The molecule has 0 aromatic heterocycles. The normalized spacial score (nSPS) is 19.2. The van der Waals surface area contributed by atoms with Crippen molar-refractivity contribution >= 4 is 21.6 Å². The highest BCUT2D eigenvalue weighted by atomic mass is 32.2. The molecule has 18 heavy (non-hydrogen) atoms. The standard InChI is InChI=1S/C12H16N2O3S/c1-9(15)13-11-7-8-14(18(2,16)17)12-6-4-3-5-10(11)12/h3-6,11H,7-8H2,1-2H3,(H,13,15). The lowest BCUT2D eigenvalue weighted by atomic mass is 9.98. The number of hydrogen-bond acceptors (Lipinski definition) is 3. The van der Waals surface area contributed by atoms with Gasteiger partial charge in [0, 0.05) is 13.5 Å². The van der Waals surface area contributed by atoms with E-state index in [1.165, 1.54) is 17.5 Å². The van der Waals surface area contributed by atoms with E-state index in [0.29, 0.717) is 18.7 Å². The summed E-state index contributed by atoms with van der Waals surface area (Å²) in [5.74, 6) is -0.109. The van der Waals surface area contributed by atoms with Gasteiger partial charge in [0.15, 0.2) is 0 Å². The van der Waals surface area contributed by atoms with Crippen LogP contribution < -0.4 is 9.62 Å². The smallest absolute Gasteiger partial charge is 0.232 e. The molecule has 1 N–H and O–H groups in total. The molecule has 0 aliphatic carbocycles. The molecule has 0 saturated heterocycles. The second kappa shape index (κ2) is 4.61. The Bertz CT molecular complexity index is 568. The van der Waals surface area contributed by atoms with E-state index < -0.39 is 10.0 Å². The first-order chi connectivity index (χ1) is 8.39. The van der Waals surface area contributed by atoms with E-state index >= 15 is 0 Å². The lowest BCUT2D eigenvalue weighted by Crippen LogP contribution is -2.40. The van der Waals surface area contributed by atoms with Crippen LogP contribution in [0, 0.1) is 0 Å². The first-order valence-corrected chi connectivity index (χ1v) is 7.58. The van der Waals surface area contributed by atoms with Crippen molar-refractivity contribution in [2.24, 2.45) is 0 Å². The molecule has 1 aromatic carbocycles. The van der Waals surface area contributed by atoms with Crippen molar-refractivity contribution < 1.29 is 13.2 Å². The molecule has 6 heteroatoms. The van der Waals surface area contributed by atoms with E-state index in [2.05, 4.69) is 5.32 Å². The second-order valence-corrected chi connectivity index (χ2v) is 6.34. The van der Waals surface area contributed by atoms with Gasteiger partial charge in [0.1, 0.15) is 0 Å². The summed E-state index contributed by atoms with van der Waals surface area (Å²) in [6.45, 7) is 1.85. The Kier molecular flexibility index (Phi) is 3.30. The molecule has 1 atom stereocenters. The van der Waals surface area contributed by atoms with Gasteiger partial charge in [-0.3, -0.25) is 9.10 Å². The van der Waals surface area contributed by atoms with E-state index in [9.17, 15) is 13.2 Å². The van der Waals surface area contributed by atoms with Gasteiger partial charge in [-0.15, -0.1) is 0 Å². The Hall–Kier alpha value is -1.56. The lowest BCUT2D eigenvalue weighted by Gasteiger charge is -2.34. The van der Waals surface area contributed by atoms with Crippen LogP contribution in [0.15, 0.2) is 24.3 Å². The van der Waals surface area contributed by atoms with Gasteiger partial charge in [0.2, 0.25) is 15.9 Å². The van der Waals surface area contributed by atoms with Crippen LogP contribution >= 0.6 is 0 Å². The molecule has 1 aromatic rings. The minimum absolute atomic E-state index is 0.109. The van der Waals surface area contributed by atoms with Crippen molar-refractivity contribution in [1.82, 2.24) is 5.32 Å². The molecular weight excluding hydrogens is 252 g/mol. The Balaban J connectivity index is 2.43. The van der Waals surface area contributed by atoms with Crippen molar-refractivity contribution in [2.75, 3.05) is 17.1 Å². The van der Waals surface area contributed by atoms with Crippen molar-refractivity contribution in [2.45, 2.75) is 19.4 Å². The zero-order chi connectivity index (χ0) is 13.3. The minimum atomic E-state index is -3.27. The molecule has 2 rings (SSSR count). The van der Waals surface area contributed by atoms with Gasteiger partial charge in [-0.1, -0.05) is 18.2 Å². The molecule has 1 amide bonds. The molecule has 0 radical (unpaired) electrons. The van der Waals surface area contributed by atoms with Crippen LogP contribution in [0.1, 0.15) is 24.9 Å². The van der Waals surface area contributed by atoms with Crippen molar-refractivity contribution in [3.8, 4) is 0 Å². The van der Waals surface area contributed by atoms with Gasteiger partial charge >= 0.3 is 0 Å². The van der Waals surface area contributed by atoms with Gasteiger partial charge in [0.05, 0.1) is 18.0 Å². The van der Waals surface area contributed by atoms with Crippen molar-refractivity contribution in [3.63, 3.8) is 0 Å². The number of amides is 1. The summed E-state index contributed by atoms with van der Waals surface area (Å²) in [5.41, 5.74) is 1.51. The van der Waals surface area contributed by atoms with Crippen LogP contribution in [-0.2, 0) is 14.8 Å². The molecule has 98 valence electrons. The average molecular weight is 268 g/mol. The van der Waals surface area contributed by atoms with Gasteiger partial charge in [-0.2, -0.15) is 0 Å². The van der Waals surface area contributed by atoms with Crippen LogP contribution in [0.5, 0.6) is 0 Å². The number of carbonyl (C=O) groups excluding carboxylic acids is 1. The number of nitrogens with one attached hydrogen (secondary N) is 1. The predicted octanol–water partition coefficient (Wildman–Crippen LogP) is 1.03. The third-order valence-electron chi connectivity index (χ3n) is 2.98.